The van der Waals surface area contributed by atoms with E-state index < -0.39 is 0 Å². The summed E-state index contributed by atoms with van der Waals surface area (Å²) >= 11 is 1.28. The molecule has 3 aliphatic rings. The number of nitrogens with one attached hydrogen (secondary N) is 1. The Morgan fingerprint density at radius 2 is 1.95 bits per heavy atom. The van der Waals surface area contributed by atoms with Gasteiger partial charge in [-0.15, -0.1) is 11.3 Å². The number of Topliss-reactive ketones (excluding diaryl/α,β-unsaturated/α-hetero) is 1. The van der Waals surface area contributed by atoms with Crippen molar-refractivity contribution in [2.75, 3.05) is 19.6 Å². The zero-order valence-electron chi connectivity index (χ0n) is 11.0. The molecular weight excluding hydrogens is 260 g/mol. The molecule has 3 fully saturated rings. The van der Waals surface area contributed by atoms with Crippen LogP contribution >= 0.6 is 11.3 Å². The molecule has 0 aromatic carbocycles. The highest BCUT2D eigenvalue weighted by molar-refractivity contribution is 7.15. The van der Waals surface area contributed by atoms with E-state index in [1.165, 1.54) is 44.2 Å². The van der Waals surface area contributed by atoms with Gasteiger partial charge in [0.05, 0.1) is 9.75 Å². The monoisotopic (exact) mass is 278 g/mol. The van der Waals surface area contributed by atoms with Crippen molar-refractivity contribution < 1.29 is 9.59 Å². The number of fused-ring (bicyclic) bond motifs is 3. The fourth-order valence-electron chi connectivity index (χ4n) is 3.02. The van der Waals surface area contributed by atoms with Gasteiger partial charge in [0.2, 0.25) is 0 Å². The smallest absolute Gasteiger partial charge is 0.261 e. The molecule has 1 unspecified atom stereocenters. The topological polar surface area (TPSA) is 49.4 Å². The van der Waals surface area contributed by atoms with Gasteiger partial charge in [0.25, 0.3) is 5.91 Å². The van der Waals surface area contributed by atoms with E-state index in [1.54, 1.807) is 12.1 Å². The van der Waals surface area contributed by atoms with Crippen LogP contribution in [0.4, 0.5) is 0 Å². The second-order valence-corrected chi connectivity index (χ2v) is 6.52. The molecule has 4 rings (SSSR count). The normalized spacial score (nSPS) is 29.2. The molecule has 1 atom stereocenters. The third kappa shape index (κ3) is 2.58. The molecule has 1 N–H and O–H groups in total. The van der Waals surface area contributed by atoms with Crippen LogP contribution in [-0.4, -0.2) is 42.3 Å². The first-order valence-corrected chi connectivity index (χ1v) is 7.59. The summed E-state index contributed by atoms with van der Waals surface area (Å²) in [5.74, 6) is 0.615. The summed E-state index contributed by atoms with van der Waals surface area (Å²) in [5.41, 5.74) is 0. The zero-order valence-corrected chi connectivity index (χ0v) is 11.8. The minimum absolute atomic E-state index is 0.0203. The summed E-state index contributed by atoms with van der Waals surface area (Å²) < 4.78 is 0. The molecule has 1 aromatic heterocycles. The lowest BCUT2D eigenvalue weighted by Gasteiger charge is -2.44. The number of thiophene rings is 1. The highest BCUT2D eigenvalue weighted by Crippen LogP contribution is 2.28. The van der Waals surface area contributed by atoms with Gasteiger partial charge in [-0.3, -0.25) is 9.59 Å². The predicted octanol–water partition coefficient (Wildman–Crippen LogP) is 1.77. The standard InChI is InChI=1S/C14H18N2O2S/c1-9(17)12-2-3-13(19-12)14(18)15-11-8-16-6-4-10(11)5-7-16/h2-3,10-11H,4-8H2,1H3,(H,15,18). The Kier molecular flexibility index (Phi) is 3.41. The molecule has 3 saturated heterocycles. The van der Waals surface area contributed by atoms with Crippen molar-refractivity contribution in [2.24, 2.45) is 5.92 Å². The number of piperidine rings is 3. The van der Waals surface area contributed by atoms with Crippen molar-refractivity contribution >= 4 is 23.0 Å². The number of amides is 1. The molecule has 3 aliphatic heterocycles. The van der Waals surface area contributed by atoms with Gasteiger partial charge in [0.15, 0.2) is 5.78 Å². The van der Waals surface area contributed by atoms with Crippen LogP contribution < -0.4 is 5.32 Å². The van der Waals surface area contributed by atoms with Gasteiger partial charge in [-0.05, 0) is 50.9 Å². The van der Waals surface area contributed by atoms with Gasteiger partial charge in [0, 0.05) is 12.6 Å². The van der Waals surface area contributed by atoms with Crippen LogP contribution in [0, 0.1) is 5.92 Å². The fraction of sp³-hybridized carbons (Fsp3) is 0.571. The molecule has 0 radical (unpaired) electrons. The van der Waals surface area contributed by atoms with E-state index in [1.807, 2.05) is 0 Å². The molecule has 4 heterocycles. The van der Waals surface area contributed by atoms with Gasteiger partial charge in [0.1, 0.15) is 0 Å². The molecule has 0 saturated carbocycles. The van der Waals surface area contributed by atoms with E-state index in [0.717, 1.165) is 6.54 Å². The number of ketones is 1. The summed E-state index contributed by atoms with van der Waals surface area (Å²) in [7, 11) is 0. The van der Waals surface area contributed by atoms with Gasteiger partial charge in [-0.1, -0.05) is 0 Å². The average molecular weight is 278 g/mol. The van der Waals surface area contributed by atoms with Crippen molar-refractivity contribution in [3.05, 3.63) is 21.9 Å². The van der Waals surface area contributed by atoms with Crippen molar-refractivity contribution in [1.82, 2.24) is 10.2 Å². The molecule has 5 heteroatoms. The van der Waals surface area contributed by atoms with Gasteiger partial charge in [-0.2, -0.15) is 0 Å². The Balaban J connectivity index is 1.66. The summed E-state index contributed by atoms with van der Waals surface area (Å²) in [6, 6.07) is 3.76. The lowest BCUT2D eigenvalue weighted by molar-refractivity contribution is 0.0622. The molecule has 0 spiro atoms. The Bertz CT molecular complexity index is 503. The largest absolute Gasteiger partial charge is 0.347 e. The third-order valence-electron chi connectivity index (χ3n) is 4.15. The van der Waals surface area contributed by atoms with E-state index >= 15 is 0 Å². The summed E-state index contributed by atoms with van der Waals surface area (Å²) in [6.45, 7) is 4.84. The average Bonchev–Trinajstić information content (AvgIpc) is 2.90. The van der Waals surface area contributed by atoms with Crippen molar-refractivity contribution in [3.8, 4) is 0 Å². The number of hydrogen-bond acceptors (Lipinski definition) is 4. The molecule has 102 valence electrons. The van der Waals surface area contributed by atoms with Crippen LogP contribution in [0.25, 0.3) is 0 Å². The highest BCUT2D eigenvalue weighted by Gasteiger charge is 2.35. The minimum atomic E-state index is -0.0313. The van der Waals surface area contributed by atoms with E-state index in [9.17, 15) is 9.59 Å². The SMILES string of the molecule is CC(=O)c1ccc(C(=O)NC2CN3CCC2CC3)s1. The van der Waals surface area contributed by atoms with Crippen LogP contribution in [0.1, 0.15) is 39.1 Å². The van der Waals surface area contributed by atoms with Crippen molar-refractivity contribution in [2.45, 2.75) is 25.8 Å². The highest BCUT2D eigenvalue weighted by atomic mass is 32.1. The molecule has 0 aliphatic carbocycles. The molecular formula is C14H18N2O2S. The van der Waals surface area contributed by atoms with E-state index in [4.69, 9.17) is 0 Å². The van der Waals surface area contributed by atoms with E-state index in [0.29, 0.717) is 15.7 Å². The minimum Gasteiger partial charge on any atom is -0.347 e. The molecule has 2 bridgehead atoms. The second-order valence-electron chi connectivity index (χ2n) is 5.44. The summed E-state index contributed by atoms with van der Waals surface area (Å²) in [5, 5.41) is 3.14. The van der Waals surface area contributed by atoms with Gasteiger partial charge in [-0.25, -0.2) is 0 Å². The summed E-state index contributed by atoms with van der Waals surface area (Å²) in [4.78, 5) is 27.2. The number of hydrogen-bond donors (Lipinski definition) is 1. The predicted molar refractivity (Wildman–Crippen MR) is 74.7 cm³/mol. The molecule has 1 aromatic rings. The zero-order chi connectivity index (χ0) is 13.4. The molecule has 1 amide bonds. The third-order valence-corrected chi connectivity index (χ3v) is 5.33. The van der Waals surface area contributed by atoms with Crippen LogP contribution in [-0.2, 0) is 0 Å². The Morgan fingerprint density at radius 3 is 2.47 bits per heavy atom. The summed E-state index contributed by atoms with van der Waals surface area (Å²) in [6.07, 6.45) is 2.38. The maximum Gasteiger partial charge on any atom is 0.261 e. The van der Waals surface area contributed by atoms with Crippen LogP contribution in [0.15, 0.2) is 12.1 Å². The van der Waals surface area contributed by atoms with Crippen LogP contribution in [0.2, 0.25) is 0 Å². The van der Waals surface area contributed by atoms with Crippen molar-refractivity contribution in [3.63, 3.8) is 0 Å². The first-order valence-electron chi connectivity index (χ1n) is 6.77. The van der Waals surface area contributed by atoms with Gasteiger partial charge >= 0.3 is 0 Å². The Labute approximate surface area is 116 Å². The van der Waals surface area contributed by atoms with Crippen molar-refractivity contribution in [1.29, 1.82) is 0 Å². The maximum absolute atomic E-state index is 12.2. The molecule has 19 heavy (non-hydrogen) atoms. The Hall–Kier alpha value is -1.20. The Morgan fingerprint density at radius 1 is 1.26 bits per heavy atom. The first-order chi connectivity index (χ1) is 9.13. The maximum atomic E-state index is 12.2. The van der Waals surface area contributed by atoms with Crippen LogP contribution in [0.3, 0.4) is 0 Å². The quantitative estimate of drug-likeness (QED) is 0.857. The lowest BCUT2D eigenvalue weighted by Crippen LogP contribution is -2.57. The number of carbonyl (C=O) groups excluding carboxylic acids is 2. The lowest BCUT2D eigenvalue weighted by atomic mass is 9.84. The number of carbonyl (C=O) groups is 2. The van der Waals surface area contributed by atoms with E-state index in [2.05, 4.69) is 10.2 Å². The van der Waals surface area contributed by atoms with E-state index in [-0.39, 0.29) is 17.7 Å². The second kappa shape index (κ2) is 5.06. The number of nitrogens with zero attached hydrogens (tertiary/aromatic N) is 1. The van der Waals surface area contributed by atoms with Crippen LogP contribution in [0.5, 0.6) is 0 Å². The molecule has 4 nitrogen and oxygen atoms in total. The first kappa shape index (κ1) is 12.8. The van der Waals surface area contributed by atoms with Gasteiger partial charge < -0.3 is 10.2 Å². The fourth-order valence-corrected chi connectivity index (χ4v) is 3.82. The number of rotatable bonds is 3.